The standard InChI is InChI=1S/C27H23F3N4O/c28-27(29,30)21-10-7-13-23(18-21)32-14-16-33(17-15-32)26(35)24-19-34(22-11-5-2-6-12-22)25(31-24)20-8-3-1-4-9-20/h1-13,18-19H,14-17H2. The highest BCUT2D eigenvalue weighted by molar-refractivity contribution is 5.93. The highest BCUT2D eigenvalue weighted by Gasteiger charge is 2.31. The van der Waals surface area contributed by atoms with Gasteiger partial charge in [0.25, 0.3) is 5.91 Å². The van der Waals surface area contributed by atoms with E-state index in [1.54, 1.807) is 17.2 Å². The van der Waals surface area contributed by atoms with Crippen molar-refractivity contribution in [2.45, 2.75) is 6.18 Å². The second kappa shape index (κ2) is 9.29. The van der Waals surface area contributed by atoms with Crippen LogP contribution in [-0.2, 0) is 6.18 Å². The molecule has 0 bridgehead atoms. The molecule has 0 N–H and O–H groups in total. The van der Waals surface area contributed by atoms with Crippen LogP contribution in [0.1, 0.15) is 16.1 Å². The summed E-state index contributed by atoms with van der Waals surface area (Å²) < 4.78 is 41.2. The summed E-state index contributed by atoms with van der Waals surface area (Å²) >= 11 is 0. The van der Waals surface area contributed by atoms with Crippen LogP contribution in [0.4, 0.5) is 18.9 Å². The van der Waals surface area contributed by atoms with Crippen molar-refractivity contribution in [3.8, 4) is 17.1 Å². The summed E-state index contributed by atoms with van der Waals surface area (Å²) in [5, 5.41) is 0. The van der Waals surface area contributed by atoms with Crippen molar-refractivity contribution in [3.05, 3.63) is 102 Å². The van der Waals surface area contributed by atoms with Gasteiger partial charge in [0.05, 0.1) is 5.56 Å². The fraction of sp³-hybridized carbons (Fsp3) is 0.185. The highest BCUT2D eigenvalue weighted by atomic mass is 19.4. The van der Waals surface area contributed by atoms with Gasteiger partial charge < -0.3 is 9.80 Å². The smallest absolute Gasteiger partial charge is 0.368 e. The van der Waals surface area contributed by atoms with Crippen molar-refractivity contribution in [1.29, 1.82) is 0 Å². The first-order chi connectivity index (χ1) is 16.9. The van der Waals surface area contributed by atoms with Crippen molar-refractivity contribution >= 4 is 11.6 Å². The Labute approximate surface area is 201 Å². The third-order valence-corrected chi connectivity index (χ3v) is 6.10. The number of hydrogen-bond donors (Lipinski definition) is 0. The van der Waals surface area contributed by atoms with E-state index in [0.29, 0.717) is 43.4 Å². The zero-order valence-corrected chi connectivity index (χ0v) is 18.8. The predicted octanol–water partition coefficient (Wildman–Crippen LogP) is 5.52. The molecule has 5 rings (SSSR count). The lowest BCUT2D eigenvalue weighted by Gasteiger charge is -2.36. The first-order valence-electron chi connectivity index (χ1n) is 11.3. The molecular weight excluding hydrogens is 453 g/mol. The molecular formula is C27H23F3N4O. The van der Waals surface area contributed by atoms with E-state index in [2.05, 4.69) is 4.98 Å². The molecule has 0 atom stereocenters. The van der Waals surface area contributed by atoms with Gasteiger partial charge in [-0.1, -0.05) is 54.6 Å². The van der Waals surface area contributed by atoms with Crippen LogP contribution in [0, 0.1) is 0 Å². The number of hydrogen-bond acceptors (Lipinski definition) is 3. The third-order valence-electron chi connectivity index (χ3n) is 6.10. The van der Waals surface area contributed by atoms with Crippen LogP contribution in [0.2, 0.25) is 0 Å². The fourth-order valence-corrected chi connectivity index (χ4v) is 4.27. The molecule has 1 aliphatic rings. The second-order valence-corrected chi connectivity index (χ2v) is 8.35. The van der Waals surface area contributed by atoms with Crippen LogP contribution >= 0.6 is 0 Å². The van der Waals surface area contributed by atoms with Crippen molar-refractivity contribution in [2.24, 2.45) is 0 Å². The summed E-state index contributed by atoms with van der Waals surface area (Å²) in [6.07, 6.45) is -2.64. The average Bonchev–Trinajstić information content (AvgIpc) is 3.35. The minimum Gasteiger partial charge on any atom is -0.368 e. The summed E-state index contributed by atoms with van der Waals surface area (Å²) in [5.74, 6) is 0.475. The largest absolute Gasteiger partial charge is 0.416 e. The molecule has 0 radical (unpaired) electrons. The molecule has 8 heteroatoms. The van der Waals surface area contributed by atoms with E-state index in [9.17, 15) is 18.0 Å². The molecule has 1 amide bonds. The van der Waals surface area contributed by atoms with E-state index in [1.165, 1.54) is 6.07 Å². The number of amides is 1. The molecule has 1 aromatic heterocycles. The number of alkyl halides is 3. The molecule has 0 aliphatic carbocycles. The molecule has 0 unspecified atom stereocenters. The van der Waals surface area contributed by atoms with Gasteiger partial charge in [-0.15, -0.1) is 0 Å². The Balaban J connectivity index is 1.36. The Hall–Kier alpha value is -4.07. The predicted molar refractivity (Wildman–Crippen MR) is 129 cm³/mol. The van der Waals surface area contributed by atoms with Gasteiger partial charge in [-0.2, -0.15) is 13.2 Å². The zero-order valence-electron chi connectivity index (χ0n) is 18.8. The minimum atomic E-state index is -4.39. The van der Waals surface area contributed by atoms with Gasteiger partial charge in [0.15, 0.2) is 0 Å². The monoisotopic (exact) mass is 476 g/mol. The summed E-state index contributed by atoms with van der Waals surface area (Å²) in [7, 11) is 0. The van der Waals surface area contributed by atoms with Crippen molar-refractivity contribution in [1.82, 2.24) is 14.5 Å². The summed E-state index contributed by atoms with van der Waals surface area (Å²) in [5.41, 5.74) is 1.96. The number of nitrogens with zero attached hydrogens (tertiary/aromatic N) is 4. The molecule has 3 aromatic carbocycles. The maximum Gasteiger partial charge on any atom is 0.416 e. The maximum absolute atomic E-state index is 13.3. The first kappa shape index (κ1) is 22.7. The van der Waals surface area contributed by atoms with Crippen LogP contribution in [-0.4, -0.2) is 46.5 Å². The molecule has 5 nitrogen and oxygen atoms in total. The molecule has 4 aromatic rings. The third kappa shape index (κ3) is 4.77. The highest BCUT2D eigenvalue weighted by Crippen LogP contribution is 2.32. The Morgan fingerprint density at radius 2 is 1.40 bits per heavy atom. The first-order valence-corrected chi connectivity index (χ1v) is 11.3. The number of rotatable bonds is 4. The molecule has 2 heterocycles. The van der Waals surface area contributed by atoms with Crippen LogP contribution in [0.15, 0.2) is 91.1 Å². The Morgan fingerprint density at radius 3 is 2.06 bits per heavy atom. The maximum atomic E-state index is 13.3. The molecule has 0 saturated carbocycles. The molecule has 1 aliphatic heterocycles. The Bertz CT molecular complexity index is 1250. The number of halogens is 3. The number of anilines is 1. The van der Waals surface area contributed by atoms with Crippen molar-refractivity contribution < 1.29 is 18.0 Å². The zero-order chi connectivity index (χ0) is 24.4. The van der Waals surface area contributed by atoms with E-state index >= 15 is 0 Å². The van der Waals surface area contributed by atoms with E-state index in [0.717, 1.165) is 23.4 Å². The number of aromatic nitrogens is 2. The number of piperazine rings is 1. The molecule has 1 fully saturated rings. The van der Waals surface area contributed by atoms with Crippen LogP contribution in [0.5, 0.6) is 0 Å². The van der Waals surface area contributed by atoms with Crippen LogP contribution in [0.3, 0.4) is 0 Å². The van der Waals surface area contributed by atoms with Crippen molar-refractivity contribution in [3.63, 3.8) is 0 Å². The van der Waals surface area contributed by atoms with E-state index < -0.39 is 11.7 Å². The van der Waals surface area contributed by atoms with E-state index in [-0.39, 0.29) is 5.91 Å². The lowest BCUT2D eigenvalue weighted by atomic mass is 10.1. The minimum absolute atomic E-state index is 0.194. The molecule has 1 saturated heterocycles. The van der Waals surface area contributed by atoms with Gasteiger partial charge in [0.2, 0.25) is 0 Å². The van der Waals surface area contributed by atoms with Gasteiger partial charge >= 0.3 is 6.18 Å². The number of imidazole rings is 1. The van der Waals surface area contributed by atoms with Gasteiger partial charge in [0, 0.05) is 49.3 Å². The van der Waals surface area contributed by atoms with Gasteiger partial charge in [0.1, 0.15) is 11.5 Å². The Morgan fingerprint density at radius 1 is 0.771 bits per heavy atom. The lowest BCUT2D eigenvalue weighted by Crippen LogP contribution is -2.49. The fourth-order valence-electron chi connectivity index (χ4n) is 4.27. The van der Waals surface area contributed by atoms with Crippen molar-refractivity contribution in [2.75, 3.05) is 31.1 Å². The second-order valence-electron chi connectivity index (χ2n) is 8.35. The van der Waals surface area contributed by atoms with E-state index in [4.69, 9.17) is 0 Å². The number of para-hydroxylation sites is 1. The molecule has 35 heavy (non-hydrogen) atoms. The quantitative estimate of drug-likeness (QED) is 0.390. The van der Waals surface area contributed by atoms with Crippen LogP contribution in [0.25, 0.3) is 17.1 Å². The summed E-state index contributed by atoms with van der Waals surface area (Å²) in [4.78, 5) is 21.6. The van der Waals surface area contributed by atoms with Gasteiger partial charge in [-0.05, 0) is 30.3 Å². The number of benzene rings is 3. The number of carbonyl (C=O) groups excluding carboxylic acids is 1. The van der Waals surface area contributed by atoms with E-state index in [1.807, 2.05) is 70.1 Å². The Kier molecular flexibility index (Phi) is 6.03. The summed E-state index contributed by atoms with van der Waals surface area (Å²) in [6.45, 7) is 1.68. The SMILES string of the molecule is O=C(c1cn(-c2ccccc2)c(-c2ccccc2)n1)N1CCN(c2cccc(C(F)(F)F)c2)CC1. The molecule has 178 valence electrons. The average molecular weight is 477 g/mol. The topological polar surface area (TPSA) is 41.4 Å². The van der Waals surface area contributed by atoms with Gasteiger partial charge in [-0.25, -0.2) is 4.98 Å². The lowest BCUT2D eigenvalue weighted by molar-refractivity contribution is -0.137. The van der Waals surface area contributed by atoms with Gasteiger partial charge in [-0.3, -0.25) is 9.36 Å². The number of carbonyl (C=O) groups is 1. The molecule has 0 spiro atoms. The summed E-state index contributed by atoms with van der Waals surface area (Å²) in [6, 6.07) is 24.7. The van der Waals surface area contributed by atoms with Crippen LogP contribution < -0.4 is 4.90 Å². The normalized spacial score (nSPS) is 14.3.